The molecule has 2 aromatic carbocycles. The Morgan fingerprint density at radius 2 is 1.78 bits per heavy atom. The van der Waals surface area contributed by atoms with Crippen LogP contribution in [0.25, 0.3) is 21.5 Å². The lowest BCUT2D eigenvalue weighted by molar-refractivity contribution is 0.0998. The molecule has 1 N–H and O–H groups in total. The standard InChI is InChI=1S/C17H11N3O2S/c21-15(14-10-12-8-4-5-9-13(12)22-14)18-17-20-19-16(23-17)11-6-2-1-3-7-11/h1-10H,(H,18,20,21). The maximum atomic E-state index is 12.3. The van der Waals surface area contributed by atoms with E-state index in [2.05, 4.69) is 15.5 Å². The first-order valence-corrected chi connectivity index (χ1v) is 7.80. The van der Waals surface area contributed by atoms with Gasteiger partial charge in [0, 0.05) is 10.9 Å². The van der Waals surface area contributed by atoms with Gasteiger partial charge in [0.25, 0.3) is 5.91 Å². The molecule has 4 rings (SSSR count). The van der Waals surface area contributed by atoms with E-state index < -0.39 is 0 Å². The minimum Gasteiger partial charge on any atom is -0.451 e. The molecule has 0 saturated carbocycles. The van der Waals surface area contributed by atoms with Crippen molar-refractivity contribution in [2.75, 3.05) is 5.32 Å². The fourth-order valence-corrected chi connectivity index (χ4v) is 2.97. The van der Waals surface area contributed by atoms with E-state index in [0.29, 0.717) is 10.7 Å². The van der Waals surface area contributed by atoms with Gasteiger partial charge in [-0.05, 0) is 12.1 Å². The Kier molecular flexibility index (Phi) is 3.36. The second kappa shape index (κ2) is 5.66. The lowest BCUT2D eigenvalue weighted by Gasteiger charge is -1.96. The maximum absolute atomic E-state index is 12.3. The van der Waals surface area contributed by atoms with Crippen LogP contribution in [0.1, 0.15) is 10.6 Å². The second-order valence-corrected chi connectivity index (χ2v) is 5.86. The topological polar surface area (TPSA) is 68.0 Å². The van der Waals surface area contributed by atoms with Gasteiger partial charge < -0.3 is 4.42 Å². The minimum atomic E-state index is -0.336. The van der Waals surface area contributed by atoms with Gasteiger partial charge in [-0.3, -0.25) is 10.1 Å². The normalized spacial score (nSPS) is 10.8. The molecule has 0 saturated heterocycles. The number of furan rings is 1. The zero-order chi connectivity index (χ0) is 15.6. The van der Waals surface area contributed by atoms with Crippen LogP contribution < -0.4 is 5.32 Å². The number of nitrogens with one attached hydrogen (secondary N) is 1. The van der Waals surface area contributed by atoms with Crippen molar-refractivity contribution in [2.24, 2.45) is 0 Å². The Hall–Kier alpha value is -2.99. The van der Waals surface area contributed by atoms with Gasteiger partial charge in [-0.25, -0.2) is 0 Å². The Morgan fingerprint density at radius 1 is 1.00 bits per heavy atom. The van der Waals surface area contributed by atoms with Gasteiger partial charge in [0.2, 0.25) is 5.13 Å². The summed E-state index contributed by atoms with van der Waals surface area (Å²) in [5.41, 5.74) is 1.65. The van der Waals surface area contributed by atoms with Gasteiger partial charge in [0.15, 0.2) is 5.76 Å². The van der Waals surface area contributed by atoms with Crippen molar-refractivity contribution in [1.29, 1.82) is 0 Å². The number of para-hydroxylation sites is 1. The molecule has 0 fully saturated rings. The van der Waals surface area contributed by atoms with Gasteiger partial charge in [0.1, 0.15) is 10.6 Å². The summed E-state index contributed by atoms with van der Waals surface area (Å²) in [5.74, 6) is -0.0837. The quantitative estimate of drug-likeness (QED) is 0.614. The monoisotopic (exact) mass is 321 g/mol. The van der Waals surface area contributed by atoms with E-state index in [-0.39, 0.29) is 11.7 Å². The molecule has 6 heteroatoms. The molecule has 0 spiro atoms. The van der Waals surface area contributed by atoms with Crippen molar-refractivity contribution in [1.82, 2.24) is 10.2 Å². The molecular formula is C17H11N3O2S. The van der Waals surface area contributed by atoms with E-state index in [1.807, 2.05) is 54.6 Å². The Labute approximate surface area is 135 Å². The summed E-state index contributed by atoms with van der Waals surface area (Å²) < 4.78 is 5.54. The summed E-state index contributed by atoms with van der Waals surface area (Å²) >= 11 is 1.32. The number of amides is 1. The van der Waals surface area contributed by atoms with Crippen molar-refractivity contribution in [2.45, 2.75) is 0 Å². The summed E-state index contributed by atoms with van der Waals surface area (Å²) in [4.78, 5) is 12.3. The van der Waals surface area contributed by atoms with E-state index in [1.165, 1.54) is 11.3 Å². The molecule has 0 aliphatic rings. The van der Waals surface area contributed by atoms with Crippen LogP contribution in [-0.4, -0.2) is 16.1 Å². The first-order valence-electron chi connectivity index (χ1n) is 6.98. The number of carbonyl (C=O) groups excluding carboxylic acids is 1. The molecular weight excluding hydrogens is 310 g/mol. The van der Waals surface area contributed by atoms with Crippen molar-refractivity contribution in [3.05, 3.63) is 66.4 Å². The lowest BCUT2D eigenvalue weighted by Crippen LogP contribution is -2.10. The Balaban J connectivity index is 1.56. The molecule has 0 bridgehead atoms. The smallest absolute Gasteiger partial charge is 0.293 e. The first-order chi connectivity index (χ1) is 11.3. The van der Waals surface area contributed by atoms with E-state index in [0.717, 1.165) is 16.0 Å². The van der Waals surface area contributed by atoms with Gasteiger partial charge in [-0.1, -0.05) is 59.9 Å². The highest BCUT2D eigenvalue weighted by Crippen LogP contribution is 2.26. The largest absolute Gasteiger partial charge is 0.451 e. The molecule has 5 nitrogen and oxygen atoms in total. The van der Waals surface area contributed by atoms with Crippen LogP contribution in [-0.2, 0) is 0 Å². The average Bonchev–Trinajstić information content (AvgIpc) is 3.22. The average molecular weight is 321 g/mol. The highest BCUT2D eigenvalue weighted by atomic mass is 32.1. The fraction of sp³-hybridized carbons (Fsp3) is 0. The van der Waals surface area contributed by atoms with E-state index in [1.54, 1.807) is 6.07 Å². The summed E-state index contributed by atoms with van der Waals surface area (Å²) in [6, 6.07) is 18.9. The highest BCUT2D eigenvalue weighted by Gasteiger charge is 2.15. The van der Waals surface area contributed by atoms with Crippen molar-refractivity contribution < 1.29 is 9.21 Å². The van der Waals surface area contributed by atoms with Gasteiger partial charge in [-0.2, -0.15) is 0 Å². The summed E-state index contributed by atoms with van der Waals surface area (Å²) in [6.07, 6.45) is 0. The molecule has 2 heterocycles. The van der Waals surface area contributed by atoms with Crippen molar-refractivity contribution in [3.8, 4) is 10.6 Å². The number of nitrogens with zero attached hydrogens (tertiary/aromatic N) is 2. The van der Waals surface area contributed by atoms with Crippen LogP contribution in [0.15, 0.2) is 65.1 Å². The SMILES string of the molecule is O=C(Nc1nnc(-c2ccccc2)s1)c1cc2ccccc2o1. The van der Waals surface area contributed by atoms with E-state index >= 15 is 0 Å². The number of rotatable bonds is 3. The summed E-state index contributed by atoms with van der Waals surface area (Å²) in [7, 11) is 0. The van der Waals surface area contributed by atoms with E-state index in [9.17, 15) is 4.79 Å². The molecule has 0 aliphatic heterocycles. The number of fused-ring (bicyclic) bond motifs is 1. The molecule has 0 aliphatic carbocycles. The second-order valence-electron chi connectivity index (χ2n) is 4.88. The van der Waals surface area contributed by atoms with Crippen LogP contribution in [0.3, 0.4) is 0 Å². The zero-order valence-corrected chi connectivity index (χ0v) is 12.7. The minimum absolute atomic E-state index is 0.252. The summed E-state index contributed by atoms with van der Waals surface area (Å²) in [5, 5.41) is 12.9. The van der Waals surface area contributed by atoms with Crippen molar-refractivity contribution >= 4 is 33.3 Å². The maximum Gasteiger partial charge on any atom is 0.293 e. The molecule has 0 radical (unpaired) electrons. The Morgan fingerprint density at radius 3 is 2.61 bits per heavy atom. The number of benzene rings is 2. The first kappa shape index (κ1) is 13.7. The van der Waals surface area contributed by atoms with Crippen LogP contribution >= 0.6 is 11.3 Å². The third-order valence-corrected chi connectivity index (χ3v) is 4.20. The van der Waals surface area contributed by atoms with Crippen LogP contribution in [0.5, 0.6) is 0 Å². The van der Waals surface area contributed by atoms with Crippen LogP contribution in [0, 0.1) is 0 Å². The number of hydrogen-bond acceptors (Lipinski definition) is 5. The molecule has 112 valence electrons. The number of aromatic nitrogens is 2. The zero-order valence-electron chi connectivity index (χ0n) is 11.9. The molecule has 0 atom stereocenters. The highest BCUT2D eigenvalue weighted by molar-refractivity contribution is 7.18. The predicted molar refractivity (Wildman–Crippen MR) is 89.5 cm³/mol. The number of anilines is 1. The number of hydrogen-bond donors (Lipinski definition) is 1. The third-order valence-electron chi connectivity index (χ3n) is 3.32. The third kappa shape index (κ3) is 2.72. The summed E-state index contributed by atoms with van der Waals surface area (Å²) in [6.45, 7) is 0. The molecule has 4 aromatic rings. The number of carbonyl (C=O) groups is 1. The van der Waals surface area contributed by atoms with Crippen LogP contribution in [0.4, 0.5) is 5.13 Å². The van der Waals surface area contributed by atoms with Gasteiger partial charge in [0.05, 0.1) is 0 Å². The lowest BCUT2D eigenvalue weighted by atomic mass is 10.2. The van der Waals surface area contributed by atoms with Crippen LogP contribution in [0.2, 0.25) is 0 Å². The van der Waals surface area contributed by atoms with Gasteiger partial charge in [-0.15, -0.1) is 10.2 Å². The fourth-order valence-electron chi connectivity index (χ4n) is 2.22. The van der Waals surface area contributed by atoms with Gasteiger partial charge >= 0.3 is 0 Å². The van der Waals surface area contributed by atoms with Crippen molar-refractivity contribution in [3.63, 3.8) is 0 Å². The predicted octanol–water partition coefficient (Wildman–Crippen LogP) is 4.20. The molecule has 23 heavy (non-hydrogen) atoms. The Bertz CT molecular complexity index is 943. The molecule has 1 amide bonds. The molecule has 0 unspecified atom stereocenters. The van der Waals surface area contributed by atoms with E-state index in [4.69, 9.17) is 4.42 Å². The molecule has 2 aromatic heterocycles.